The molecule has 16 heavy (non-hydrogen) atoms. The van der Waals surface area contributed by atoms with Gasteiger partial charge in [0.25, 0.3) is 0 Å². The van der Waals surface area contributed by atoms with Crippen LogP contribution in [0.1, 0.15) is 49.1 Å². The van der Waals surface area contributed by atoms with E-state index < -0.39 is 0 Å². The second kappa shape index (κ2) is 4.78. The van der Waals surface area contributed by atoms with Crippen LogP contribution < -0.4 is 0 Å². The molecule has 1 aromatic heterocycles. The Bertz CT molecular complexity index is 352. The number of rotatable bonds is 3. The van der Waals surface area contributed by atoms with E-state index in [0.717, 1.165) is 31.8 Å². The Kier molecular flexibility index (Phi) is 3.39. The van der Waals surface area contributed by atoms with E-state index >= 15 is 0 Å². The number of nitrogens with zero attached hydrogens (tertiary/aromatic N) is 2. The molecule has 0 unspecified atom stereocenters. The minimum atomic E-state index is 0.335. The van der Waals surface area contributed by atoms with Gasteiger partial charge in [-0.2, -0.15) is 0 Å². The van der Waals surface area contributed by atoms with Crippen molar-refractivity contribution >= 4 is 6.29 Å². The zero-order valence-corrected chi connectivity index (χ0v) is 9.85. The molecule has 0 N–H and O–H groups in total. The third-order valence-corrected chi connectivity index (χ3v) is 3.27. The van der Waals surface area contributed by atoms with Gasteiger partial charge in [-0.1, -0.05) is 0 Å². The average molecular weight is 222 g/mol. The van der Waals surface area contributed by atoms with E-state index in [4.69, 9.17) is 4.42 Å². The summed E-state index contributed by atoms with van der Waals surface area (Å²) in [5, 5.41) is 0. The zero-order valence-electron chi connectivity index (χ0n) is 9.85. The van der Waals surface area contributed by atoms with Crippen LogP contribution in [0, 0.1) is 0 Å². The van der Waals surface area contributed by atoms with Crippen molar-refractivity contribution in [2.75, 3.05) is 13.1 Å². The molecule has 0 bridgehead atoms. The van der Waals surface area contributed by atoms with Gasteiger partial charge in [0.15, 0.2) is 17.9 Å². The van der Waals surface area contributed by atoms with Crippen molar-refractivity contribution < 1.29 is 9.21 Å². The summed E-state index contributed by atoms with van der Waals surface area (Å²) in [5.41, 5.74) is 0. The molecule has 1 saturated heterocycles. The molecular weight excluding hydrogens is 204 g/mol. The summed E-state index contributed by atoms with van der Waals surface area (Å²) in [4.78, 5) is 17.1. The Morgan fingerprint density at radius 1 is 1.50 bits per heavy atom. The lowest BCUT2D eigenvalue weighted by Gasteiger charge is -2.33. The summed E-state index contributed by atoms with van der Waals surface area (Å²) in [7, 11) is 0. The summed E-state index contributed by atoms with van der Waals surface area (Å²) in [6, 6.07) is 0.607. The van der Waals surface area contributed by atoms with Crippen molar-refractivity contribution in [1.82, 2.24) is 9.88 Å². The summed E-state index contributed by atoms with van der Waals surface area (Å²) in [6.07, 6.45) is 4.35. The van der Waals surface area contributed by atoms with Crippen LogP contribution in [0.15, 0.2) is 10.6 Å². The molecular formula is C12H18N2O2. The first-order valence-corrected chi connectivity index (χ1v) is 5.85. The number of carbonyl (C=O) groups excluding carboxylic acids is 1. The van der Waals surface area contributed by atoms with Crippen molar-refractivity contribution in [3.63, 3.8) is 0 Å². The van der Waals surface area contributed by atoms with Gasteiger partial charge in [0.05, 0.1) is 6.20 Å². The number of piperidine rings is 1. The van der Waals surface area contributed by atoms with E-state index in [1.165, 1.54) is 6.20 Å². The van der Waals surface area contributed by atoms with Gasteiger partial charge in [0.2, 0.25) is 0 Å². The monoisotopic (exact) mass is 222 g/mol. The molecule has 1 aliphatic rings. The molecule has 2 rings (SSSR count). The van der Waals surface area contributed by atoms with Crippen LogP contribution in [0.3, 0.4) is 0 Å². The third kappa shape index (κ3) is 2.32. The van der Waals surface area contributed by atoms with Crippen molar-refractivity contribution in [2.45, 2.75) is 38.6 Å². The summed E-state index contributed by atoms with van der Waals surface area (Å²) in [5.74, 6) is 1.44. The molecule has 1 aliphatic heterocycles. The standard InChI is InChI=1S/C12H18N2O2/c1-9(2)14-5-3-10(4-6-14)12-13-7-11(8-15)16-12/h7-10H,3-6H2,1-2H3. The Morgan fingerprint density at radius 2 is 2.19 bits per heavy atom. The lowest BCUT2D eigenvalue weighted by atomic mass is 9.96. The Hall–Kier alpha value is -1.16. The van der Waals surface area contributed by atoms with E-state index in [2.05, 4.69) is 23.7 Å². The number of hydrogen-bond acceptors (Lipinski definition) is 4. The lowest BCUT2D eigenvalue weighted by molar-refractivity contribution is 0.109. The van der Waals surface area contributed by atoms with Gasteiger partial charge in [-0.3, -0.25) is 4.79 Å². The van der Waals surface area contributed by atoms with Crippen molar-refractivity contribution in [1.29, 1.82) is 0 Å². The van der Waals surface area contributed by atoms with Crippen LogP contribution in [-0.4, -0.2) is 35.3 Å². The number of oxazole rings is 1. The summed E-state index contributed by atoms with van der Waals surface area (Å²) >= 11 is 0. The Labute approximate surface area is 95.6 Å². The Morgan fingerprint density at radius 3 is 2.69 bits per heavy atom. The van der Waals surface area contributed by atoms with Crippen LogP contribution >= 0.6 is 0 Å². The number of carbonyl (C=O) groups is 1. The fraction of sp³-hybridized carbons (Fsp3) is 0.667. The molecule has 2 heterocycles. The molecule has 4 nitrogen and oxygen atoms in total. The molecule has 0 amide bonds. The topological polar surface area (TPSA) is 46.3 Å². The molecule has 0 aromatic carbocycles. The highest BCUT2D eigenvalue weighted by Crippen LogP contribution is 2.28. The normalized spacial score (nSPS) is 19.2. The number of likely N-dealkylation sites (tertiary alicyclic amines) is 1. The fourth-order valence-corrected chi connectivity index (χ4v) is 2.21. The van der Waals surface area contributed by atoms with Gasteiger partial charge in [-0.25, -0.2) is 4.98 Å². The van der Waals surface area contributed by atoms with E-state index in [1.807, 2.05) is 0 Å². The first-order chi connectivity index (χ1) is 7.70. The van der Waals surface area contributed by atoms with Crippen LogP contribution in [0.2, 0.25) is 0 Å². The molecule has 0 saturated carbocycles. The maximum atomic E-state index is 10.5. The zero-order chi connectivity index (χ0) is 11.5. The number of aromatic nitrogens is 1. The second-order valence-electron chi connectivity index (χ2n) is 4.62. The predicted molar refractivity (Wildman–Crippen MR) is 60.6 cm³/mol. The van der Waals surface area contributed by atoms with Crippen molar-refractivity contribution in [3.8, 4) is 0 Å². The number of hydrogen-bond donors (Lipinski definition) is 0. The predicted octanol–water partition coefficient (Wildman–Crippen LogP) is 2.07. The smallest absolute Gasteiger partial charge is 0.198 e. The van der Waals surface area contributed by atoms with Gasteiger partial charge in [-0.15, -0.1) is 0 Å². The average Bonchev–Trinajstić information content (AvgIpc) is 2.77. The van der Waals surface area contributed by atoms with Gasteiger partial charge in [0.1, 0.15) is 0 Å². The lowest BCUT2D eigenvalue weighted by Crippen LogP contribution is -2.37. The summed E-state index contributed by atoms with van der Waals surface area (Å²) < 4.78 is 5.37. The molecule has 1 aromatic rings. The first-order valence-electron chi connectivity index (χ1n) is 5.85. The summed E-state index contributed by atoms with van der Waals surface area (Å²) in [6.45, 7) is 6.61. The van der Waals surface area contributed by atoms with Crippen molar-refractivity contribution in [2.24, 2.45) is 0 Å². The van der Waals surface area contributed by atoms with E-state index in [1.54, 1.807) is 0 Å². The molecule has 0 radical (unpaired) electrons. The van der Waals surface area contributed by atoms with Gasteiger partial charge < -0.3 is 9.32 Å². The maximum Gasteiger partial charge on any atom is 0.198 e. The number of aldehydes is 1. The second-order valence-corrected chi connectivity index (χ2v) is 4.62. The third-order valence-electron chi connectivity index (χ3n) is 3.27. The van der Waals surface area contributed by atoms with E-state index in [-0.39, 0.29) is 0 Å². The largest absolute Gasteiger partial charge is 0.438 e. The van der Waals surface area contributed by atoms with Gasteiger partial charge >= 0.3 is 0 Å². The molecule has 4 heteroatoms. The maximum absolute atomic E-state index is 10.5. The highest BCUT2D eigenvalue weighted by atomic mass is 16.4. The Balaban J connectivity index is 1.96. The van der Waals surface area contributed by atoms with Crippen LogP contribution in [0.4, 0.5) is 0 Å². The van der Waals surface area contributed by atoms with Crippen LogP contribution in [-0.2, 0) is 0 Å². The quantitative estimate of drug-likeness (QED) is 0.734. The van der Waals surface area contributed by atoms with Crippen LogP contribution in [0.25, 0.3) is 0 Å². The van der Waals surface area contributed by atoms with Gasteiger partial charge in [-0.05, 0) is 39.8 Å². The first kappa shape index (κ1) is 11.3. The molecule has 88 valence electrons. The fourth-order valence-electron chi connectivity index (χ4n) is 2.21. The molecule has 0 aliphatic carbocycles. The molecule has 0 spiro atoms. The SMILES string of the molecule is CC(C)N1CCC(c2ncc(C=O)o2)CC1. The van der Waals surface area contributed by atoms with E-state index in [9.17, 15) is 4.79 Å². The highest BCUT2D eigenvalue weighted by molar-refractivity contribution is 5.69. The van der Waals surface area contributed by atoms with Crippen LogP contribution in [0.5, 0.6) is 0 Å². The minimum absolute atomic E-state index is 0.335. The van der Waals surface area contributed by atoms with Crippen molar-refractivity contribution in [3.05, 3.63) is 17.8 Å². The molecule has 1 fully saturated rings. The highest BCUT2D eigenvalue weighted by Gasteiger charge is 2.25. The van der Waals surface area contributed by atoms with E-state index in [0.29, 0.717) is 24.0 Å². The minimum Gasteiger partial charge on any atom is -0.438 e. The molecule has 0 atom stereocenters. The van der Waals surface area contributed by atoms with Gasteiger partial charge in [0, 0.05) is 12.0 Å².